The minimum absolute atomic E-state index is 0. The zero-order valence-corrected chi connectivity index (χ0v) is 15.5. The van der Waals surface area contributed by atoms with E-state index in [1.54, 1.807) is 6.08 Å². The highest BCUT2D eigenvalue weighted by molar-refractivity contribution is 6.00. The molecule has 128 valence electrons. The van der Waals surface area contributed by atoms with Crippen LogP contribution in [0.15, 0.2) is 35.5 Å². The lowest BCUT2D eigenvalue weighted by molar-refractivity contribution is -0.150. The van der Waals surface area contributed by atoms with Crippen molar-refractivity contribution in [3.8, 4) is 0 Å². The largest absolute Gasteiger partial charge is 0.457 e. The monoisotopic (exact) mass is 338 g/mol. The lowest BCUT2D eigenvalue weighted by atomic mass is 10.1. The number of carbonyl (C=O) groups excluding carboxylic acids is 2. The summed E-state index contributed by atoms with van der Waals surface area (Å²) >= 11 is 0. The van der Waals surface area contributed by atoms with Crippen molar-refractivity contribution in [1.29, 1.82) is 0 Å². The van der Waals surface area contributed by atoms with Crippen LogP contribution < -0.4 is 0 Å². The summed E-state index contributed by atoms with van der Waals surface area (Å²) in [6.07, 6.45) is 4.31. The molecule has 2 aliphatic rings. The molecule has 0 heterocycles. The number of carbonyl (C=O) groups is 2. The third-order valence-corrected chi connectivity index (χ3v) is 4.95. The Morgan fingerprint density at radius 1 is 1.39 bits per heavy atom. The molecule has 4 heteroatoms. The Bertz CT molecular complexity index is 579. The van der Waals surface area contributed by atoms with Gasteiger partial charge in [0.05, 0.1) is 12.3 Å². The van der Waals surface area contributed by atoms with E-state index < -0.39 is 6.10 Å². The zero-order valence-electron chi connectivity index (χ0n) is 14.6. The summed E-state index contributed by atoms with van der Waals surface area (Å²) in [5, 5.41) is 0. The van der Waals surface area contributed by atoms with Gasteiger partial charge >= 0.3 is 5.97 Å². The third kappa shape index (κ3) is 3.77. The van der Waals surface area contributed by atoms with E-state index in [9.17, 15) is 9.59 Å². The first-order valence-corrected chi connectivity index (χ1v) is 7.89. The quantitative estimate of drug-likeness (QED) is 0.550. The summed E-state index contributed by atoms with van der Waals surface area (Å²) in [7, 11) is 0. The van der Waals surface area contributed by atoms with Crippen molar-refractivity contribution in [2.24, 2.45) is 17.3 Å². The van der Waals surface area contributed by atoms with Gasteiger partial charge in [-0.1, -0.05) is 31.6 Å². The van der Waals surface area contributed by atoms with E-state index in [-0.39, 0.29) is 47.8 Å². The van der Waals surface area contributed by atoms with Crippen molar-refractivity contribution in [3.05, 3.63) is 35.5 Å². The van der Waals surface area contributed by atoms with E-state index in [4.69, 9.17) is 4.74 Å². The van der Waals surface area contributed by atoms with Crippen molar-refractivity contribution in [3.63, 3.8) is 0 Å². The Balaban J connectivity index is 0.00000264. The van der Waals surface area contributed by atoms with Crippen LogP contribution >= 0.6 is 12.4 Å². The van der Waals surface area contributed by atoms with Crippen LogP contribution in [-0.2, 0) is 14.3 Å². The first kappa shape index (κ1) is 19.7. The van der Waals surface area contributed by atoms with Crippen LogP contribution in [0.2, 0.25) is 0 Å². The molecule has 0 aliphatic heterocycles. The first-order chi connectivity index (χ1) is 10.2. The molecule has 0 N–H and O–H groups in total. The van der Waals surface area contributed by atoms with Crippen LogP contribution in [0.1, 0.15) is 47.5 Å². The Labute approximate surface area is 145 Å². The molecule has 2 aliphatic carbocycles. The number of ketones is 1. The number of Topliss-reactive ketones (excluding diaryl/α,β-unsaturated/α-hetero) is 1. The highest BCUT2D eigenvalue weighted by Crippen LogP contribution is 2.60. The molecule has 1 saturated carbocycles. The Morgan fingerprint density at radius 2 is 2.00 bits per heavy atom. The summed E-state index contributed by atoms with van der Waals surface area (Å²) in [4.78, 5) is 24.5. The molecule has 0 aromatic carbocycles. The number of hydrogen-bond acceptors (Lipinski definition) is 3. The minimum atomic E-state index is -0.390. The SMILES string of the molecule is C=CCC1=C(C)C(OC(=O)C2C(C=C(C)C)C2(C)C)CC1=O.Cl. The maximum absolute atomic E-state index is 12.5. The van der Waals surface area contributed by atoms with Crippen LogP contribution in [0.5, 0.6) is 0 Å². The van der Waals surface area contributed by atoms with Gasteiger partial charge in [0.25, 0.3) is 0 Å². The summed E-state index contributed by atoms with van der Waals surface area (Å²) < 4.78 is 5.66. The fraction of sp³-hybridized carbons (Fsp3) is 0.579. The van der Waals surface area contributed by atoms with Crippen LogP contribution in [-0.4, -0.2) is 17.9 Å². The number of hydrogen-bond donors (Lipinski definition) is 0. The van der Waals surface area contributed by atoms with Gasteiger partial charge in [-0.3, -0.25) is 9.59 Å². The van der Waals surface area contributed by atoms with Crippen LogP contribution in [0.25, 0.3) is 0 Å². The van der Waals surface area contributed by atoms with E-state index >= 15 is 0 Å². The fourth-order valence-electron chi connectivity index (χ4n) is 3.42. The highest BCUT2D eigenvalue weighted by Gasteiger charge is 2.61. The second-order valence-electron chi connectivity index (χ2n) is 7.28. The van der Waals surface area contributed by atoms with Gasteiger partial charge in [0, 0.05) is 5.57 Å². The molecule has 0 aromatic rings. The Morgan fingerprint density at radius 3 is 2.52 bits per heavy atom. The maximum atomic E-state index is 12.5. The Kier molecular flexibility index (Phi) is 6.03. The first-order valence-electron chi connectivity index (χ1n) is 7.89. The molecule has 0 amide bonds. The second kappa shape index (κ2) is 7.04. The molecule has 3 atom stereocenters. The second-order valence-corrected chi connectivity index (χ2v) is 7.28. The number of ether oxygens (including phenoxy) is 1. The maximum Gasteiger partial charge on any atom is 0.310 e. The highest BCUT2D eigenvalue weighted by atomic mass is 35.5. The molecule has 0 bridgehead atoms. The van der Waals surface area contributed by atoms with Crippen LogP contribution in [0.3, 0.4) is 0 Å². The molecule has 3 nitrogen and oxygen atoms in total. The average molecular weight is 339 g/mol. The van der Waals surface area contributed by atoms with Crippen molar-refractivity contribution < 1.29 is 14.3 Å². The van der Waals surface area contributed by atoms with E-state index in [2.05, 4.69) is 26.5 Å². The predicted octanol–water partition coefficient (Wildman–Crippen LogP) is 4.42. The standard InChI is InChI=1S/C19H26O3.ClH/c1-7-8-13-12(4)16(10-15(13)20)22-18(21)17-14(9-11(2)3)19(17,5)6;/h7,9,14,16-17H,1,8,10H2,2-6H3;1H. The van der Waals surface area contributed by atoms with Gasteiger partial charge in [-0.2, -0.15) is 0 Å². The molecule has 0 saturated heterocycles. The lowest BCUT2D eigenvalue weighted by Gasteiger charge is -2.13. The molecule has 1 fully saturated rings. The number of esters is 1. The van der Waals surface area contributed by atoms with Gasteiger partial charge in [-0.25, -0.2) is 0 Å². The molecule has 23 heavy (non-hydrogen) atoms. The summed E-state index contributed by atoms with van der Waals surface area (Å²) in [6, 6.07) is 0. The molecular formula is C19H27ClO3. The molecule has 0 radical (unpaired) electrons. The van der Waals surface area contributed by atoms with Gasteiger partial charge in [0.15, 0.2) is 5.78 Å². The smallest absolute Gasteiger partial charge is 0.310 e. The van der Waals surface area contributed by atoms with Crippen molar-refractivity contribution >= 4 is 24.2 Å². The number of rotatable bonds is 5. The van der Waals surface area contributed by atoms with E-state index in [1.165, 1.54) is 5.57 Å². The van der Waals surface area contributed by atoms with E-state index in [0.29, 0.717) is 6.42 Å². The van der Waals surface area contributed by atoms with Crippen LogP contribution in [0.4, 0.5) is 0 Å². The summed E-state index contributed by atoms with van der Waals surface area (Å²) in [6.45, 7) is 13.8. The summed E-state index contributed by atoms with van der Waals surface area (Å²) in [5.41, 5.74) is 2.80. The number of halogens is 1. The van der Waals surface area contributed by atoms with E-state index in [1.807, 2.05) is 20.8 Å². The molecule has 0 spiro atoms. The predicted molar refractivity (Wildman–Crippen MR) is 94.5 cm³/mol. The third-order valence-electron chi connectivity index (χ3n) is 4.95. The topological polar surface area (TPSA) is 43.4 Å². The van der Waals surface area contributed by atoms with Gasteiger partial charge in [0.1, 0.15) is 6.10 Å². The van der Waals surface area contributed by atoms with Crippen LogP contribution in [0, 0.1) is 17.3 Å². The molecular weight excluding hydrogens is 312 g/mol. The summed E-state index contributed by atoms with van der Waals surface area (Å²) in [5.74, 6) is 0.0309. The van der Waals surface area contributed by atoms with Crippen molar-refractivity contribution in [2.75, 3.05) is 0 Å². The zero-order chi connectivity index (χ0) is 16.7. The average Bonchev–Trinajstić information content (AvgIpc) is 2.83. The number of allylic oxidation sites excluding steroid dienone is 4. The molecule has 3 unspecified atom stereocenters. The molecule has 0 aromatic heterocycles. The molecule has 2 rings (SSSR count). The van der Waals surface area contributed by atoms with Crippen molar-refractivity contribution in [1.82, 2.24) is 0 Å². The van der Waals surface area contributed by atoms with Gasteiger partial charge in [-0.15, -0.1) is 19.0 Å². The van der Waals surface area contributed by atoms with Crippen molar-refractivity contribution in [2.45, 2.75) is 53.6 Å². The Hall–Kier alpha value is -1.35. The lowest BCUT2D eigenvalue weighted by Crippen LogP contribution is -2.20. The van der Waals surface area contributed by atoms with Gasteiger partial charge < -0.3 is 4.74 Å². The minimum Gasteiger partial charge on any atom is -0.457 e. The van der Waals surface area contributed by atoms with E-state index in [0.717, 1.165) is 11.1 Å². The fourth-order valence-corrected chi connectivity index (χ4v) is 3.42. The van der Waals surface area contributed by atoms with Gasteiger partial charge in [-0.05, 0) is 44.1 Å². The normalized spacial score (nSPS) is 28.0. The van der Waals surface area contributed by atoms with Gasteiger partial charge in [0.2, 0.25) is 0 Å².